The predicted molar refractivity (Wildman–Crippen MR) is 75.2 cm³/mol. The van der Waals surface area contributed by atoms with E-state index in [0.29, 0.717) is 5.82 Å². The van der Waals surface area contributed by atoms with Gasteiger partial charge in [-0.1, -0.05) is 24.3 Å². The van der Waals surface area contributed by atoms with E-state index in [1.54, 1.807) is 24.0 Å². The number of aryl methyl sites for hydroxylation is 2. The smallest absolute Gasteiger partial charge is 0.293 e. The minimum absolute atomic E-state index is 0.0782. The minimum atomic E-state index is -0.0782. The third kappa shape index (κ3) is 2.26. The second-order valence-electron chi connectivity index (χ2n) is 4.98. The summed E-state index contributed by atoms with van der Waals surface area (Å²) in [6, 6.07) is 8.61. The zero-order valence-corrected chi connectivity index (χ0v) is 11.0. The van der Waals surface area contributed by atoms with E-state index in [1.165, 1.54) is 11.1 Å². The van der Waals surface area contributed by atoms with Gasteiger partial charge in [-0.3, -0.25) is 4.79 Å². The number of hydrogen-bond acceptors (Lipinski definition) is 3. The average molecular weight is 255 g/mol. The lowest BCUT2D eigenvalue weighted by Gasteiger charge is -2.26. The average Bonchev–Trinajstić information content (AvgIpc) is 2.44. The number of fused-ring (bicyclic) bond motifs is 1. The molecule has 0 radical (unpaired) electrons. The Morgan fingerprint density at radius 3 is 3.11 bits per heavy atom. The zero-order valence-electron chi connectivity index (χ0n) is 11.0. The van der Waals surface area contributed by atoms with Crippen LogP contribution in [0.15, 0.2) is 41.5 Å². The number of rotatable bonds is 2. The summed E-state index contributed by atoms with van der Waals surface area (Å²) in [6.45, 7) is 0. The van der Waals surface area contributed by atoms with Crippen LogP contribution in [-0.4, -0.2) is 9.55 Å². The molecular formula is C15H17N3O. The van der Waals surface area contributed by atoms with Crippen LogP contribution in [-0.2, 0) is 13.5 Å². The van der Waals surface area contributed by atoms with Gasteiger partial charge in [-0.15, -0.1) is 0 Å². The van der Waals surface area contributed by atoms with Gasteiger partial charge in [0, 0.05) is 19.4 Å². The molecule has 0 fully saturated rings. The molecule has 4 nitrogen and oxygen atoms in total. The Bertz CT molecular complexity index is 648. The van der Waals surface area contributed by atoms with E-state index in [-0.39, 0.29) is 11.6 Å². The SMILES string of the molecule is Cn1ccnc(NC2CCCc3ccccc32)c1=O. The third-order valence-electron chi connectivity index (χ3n) is 3.70. The number of aromatic nitrogens is 2. The maximum atomic E-state index is 12.0. The first-order chi connectivity index (χ1) is 9.25. The summed E-state index contributed by atoms with van der Waals surface area (Å²) in [5.41, 5.74) is 2.59. The van der Waals surface area contributed by atoms with Crippen molar-refractivity contribution in [3.05, 3.63) is 58.1 Å². The monoisotopic (exact) mass is 255 g/mol. The molecule has 0 saturated heterocycles. The Kier molecular flexibility index (Phi) is 3.07. The van der Waals surface area contributed by atoms with Crippen molar-refractivity contribution in [2.75, 3.05) is 5.32 Å². The van der Waals surface area contributed by atoms with Crippen molar-refractivity contribution in [3.63, 3.8) is 0 Å². The van der Waals surface area contributed by atoms with Crippen LogP contribution in [0.1, 0.15) is 30.0 Å². The van der Waals surface area contributed by atoms with Crippen LogP contribution in [0.2, 0.25) is 0 Å². The van der Waals surface area contributed by atoms with Gasteiger partial charge in [0.15, 0.2) is 5.82 Å². The Hall–Kier alpha value is -2.10. The predicted octanol–water partition coefficient (Wildman–Crippen LogP) is 2.27. The fraction of sp³-hybridized carbons (Fsp3) is 0.333. The van der Waals surface area contributed by atoms with Gasteiger partial charge in [-0.05, 0) is 30.4 Å². The molecule has 2 aromatic rings. The van der Waals surface area contributed by atoms with Crippen LogP contribution < -0.4 is 10.9 Å². The van der Waals surface area contributed by atoms with Crippen LogP contribution in [0.25, 0.3) is 0 Å². The van der Waals surface area contributed by atoms with Gasteiger partial charge in [0.25, 0.3) is 5.56 Å². The fourth-order valence-corrected chi connectivity index (χ4v) is 2.67. The van der Waals surface area contributed by atoms with Gasteiger partial charge in [0.2, 0.25) is 0 Å². The largest absolute Gasteiger partial charge is 0.359 e. The lowest BCUT2D eigenvalue weighted by atomic mass is 9.88. The van der Waals surface area contributed by atoms with Crippen molar-refractivity contribution in [3.8, 4) is 0 Å². The quantitative estimate of drug-likeness (QED) is 0.895. The van der Waals surface area contributed by atoms with E-state index in [1.807, 2.05) is 0 Å². The summed E-state index contributed by atoms with van der Waals surface area (Å²) in [4.78, 5) is 16.2. The molecule has 0 aliphatic heterocycles. The lowest BCUT2D eigenvalue weighted by molar-refractivity contribution is 0.596. The van der Waals surface area contributed by atoms with Gasteiger partial charge in [-0.25, -0.2) is 4.98 Å². The van der Waals surface area contributed by atoms with Crippen LogP contribution >= 0.6 is 0 Å². The molecule has 1 aliphatic rings. The summed E-state index contributed by atoms with van der Waals surface area (Å²) in [6.07, 6.45) is 6.62. The molecule has 0 amide bonds. The number of nitrogens with one attached hydrogen (secondary N) is 1. The third-order valence-corrected chi connectivity index (χ3v) is 3.70. The highest BCUT2D eigenvalue weighted by molar-refractivity contribution is 5.40. The fourth-order valence-electron chi connectivity index (χ4n) is 2.67. The van der Waals surface area contributed by atoms with Crippen molar-refractivity contribution in [2.24, 2.45) is 7.05 Å². The van der Waals surface area contributed by atoms with Crippen LogP contribution in [0.4, 0.5) is 5.82 Å². The lowest BCUT2D eigenvalue weighted by Crippen LogP contribution is -2.26. The number of nitrogens with zero attached hydrogens (tertiary/aromatic N) is 2. The first kappa shape index (κ1) is 12.0. The molecule has 1 unspecified atom stereocenters. The van der Waals surface area contributed by atoms with Crippen molar-refractivity contribution in [2.45, 2.75) is 25.3 Å². The molecule has 1 aliphatic carbocycles. The molecule has 0 saturated carbocycles. The molecule has 0 spiro atoms. The van der Waals surface area contributed by atoms with E-state index in [9.17, 15) is 4.79 Å². The Morgan fingerprint density at radius 1 is 1.37 bits per heavy atom. The first-order valence-electron chi connectivity index (χ1n) is 6.61. The molecule has 0 bridgehead atoms. The summed E-state index contributed by atoms with van der Waals surface area (Å²) < 4.78 is 1.55. The standard InChI is InChI=1S/C15H17N3O/c1-18-10-9-16-14(15(18)19)17-13-8-4-6-11-5-2-3-7-12(11)13/h2-3,5,7,9-10,13H,4,6,8H2,1H3,(H,16,17). The van der Waals surface area contributed by atoms with Gasteiger partial charge in [0.05, 0.1) is 6.04 Å². The molecule has 1 heterocycles. The summed E-state index contributed by atoms with van der Waals surface area (Å²) in [7, 11) is 1.74. The number of benzene rings is 1. The van der Waals surface area contributed by atoms with Gasteiger partial charge in [0.1, 0.15) is 0 Å². The number of hydrogen-bond donors (Lipinski definition) is 1. The first-order valence-corrected chi connectivity index (χ1v) is 6.61. The van der Waals surface area contributed by atoms with Crippen molar-refractivity contribution in [1.29, 1.82) is 0 Å². The van der Waals surface area contributed by atoms with E-state index in [2.05, 4.69) is 34.6 Å². The minimum Gasteiger partial charge on any atom is -0.359 e. The molecule has 1 N–H and O–H groups in total. The van der Waals surface area contributed by atoms with Gasteiger partial charge >= 0.3 is 0 Å². The van der Waals surface area contributed by atoms with Crippen molar-refractivity contribution < 1.29 is 0 Å². The second-order valence-corrected chi connectivity index (χ2v) is 4.98. The van der Waals surface area contributed by atoms with Crippen LogP contribution in [0.5, 0.6) is 0 Å². The van der Waals surface area contributed by atoms with Crippen molar-refractivity contribution in [1.82, 2.24) is 9.55 Å². The topological polar surface area (TPSA) is 46.9 Å². The molecular weight excluding hydrogens is 238 g/mol. The summed E-state index contributed by atoms with van der Waals surface area (Å²) >= 11 is 0. The highest BCUT2D eigenvalue weighted by Crippen LogP contribution is 2.31. The van der Waals surface area contributed by atoms with Gasteiger partial charge in [-0.2, -0.15) is 0 Å². The molecule has 19 heavy (non-hydrogen) atoms. The Balaban J connectivity index is 1.93. The highest BCUT2D eigenvalue weighted by Gasteiger charge is 2.20. The Labute approximate surface area is 112 Å². The second kappa shape index (κ2) is 4.88. The highest BCUT2D eigenvalue weighted by atomic mass is 16.1. The molecule has 1 aromatic carbocycles. The molecule has 98 valence electrons. The maximum Gasteiger partial charge on any atom is 0.293 e. The maximum absolute atomic E-state index is 12.0. The van der Waals surface area contributed by atoms with E-state index < -0.39 is 0 Å². The van der Waals surface area contributed by atoms with E-state index in [0.717, 1.165) is 19.3 Å². The zero-order chi connectivity index (χ0) is 13.2. The van der Waals surface area contributed by atoms with Crippen LogP contribution in [0.3, 0.4) is 0 Å². The molecule has 1 atom stereocenters. The van der Waals surface area contributed by atoms with Crippen LogP contribution in [0, 0.1) is 0 Å². The molecule has 4 heteroatoms. The number of anilines is 1. The van der Waals surface area contributed by atoms with E-state index in [4.69, 9.17) is 0 Å². The van der Waals surface area contributed by atoms with Gasteiger partial charge < -0.3 is 9.88 Å². The Morgan fingerprint density at radius 2 is 2.21 bits per heavy atom. The molecule has 3 rings (SSSR count). The molecule has 1 aromatic heterocycles. The van der Waals surface area contributed by atoms with Crippen molar-refractivity contribution >= 4 is 5.82 Å². The summed E-state index contributed by atoms with van der Waals surface area (Å²) in [5, 5.41) is 3.30. The normalized spacial score (nSPS) is 17.8. The van der Waals surface area contributed by atoms with E-state index >= 15 is 0 Å². The summed E-state index contributed by atoms with van der Waals surface area (Å²) in [5.74, 6) is 0.437.